The molecule has 0 aliphatic heterocycles. The lowest BCUT2D eigenvalue weighted by Crippen LogP contribution is -2.24. The summed E-state index contributed by atoms with van der Waals surface area (Å²) in [6.07, 6.45) is -0.784. The molecule has 1 atom stereocenters. The van der Waals surface area contributed by atoms with E-state index in [0.717, 1.165) is 0 Å². The molecule has 6 nitrogen and oxygen atoms in total. The van der Waals surface area contributed by atoms with E-state index in [0.29, 0.717) is 30.3 Å². The van der Waals surface area contributed by atoms with Gasteiger partial charge < -0.3 is 24.1 Å². The van der Waals surface area contributed by atoms with Crippen LogP contribution in [0, 0.1) is 0 Å². The summed E-state index contributed by atoms with van der Waals surface area (Å²) in [5.41, 5.74) is 0.448. The highest BCUT2D eigenvalue weighted by Gasteiger charge is 2.12. The van der Waals surface area contributed by atoms with Crippen molar-refractivity contribution in [1.29, 1.82) is 0 Å². The number of rotatable bonds is 10. The highest BCUT2D eigenvalue weighted by atomic mass is 16.5. The first-order valence-electron chi connectivity index (χ1n) is 6.65. The molecule has 0 radical (unpaired) electrons. The predicted molar refractivity (Wildman–Crippen MR) is 77.2 cm³/mol. The van der Waals surface area contributed by atoms with E-state index in [-0.39, 0.29) is 19.0 Å². The smallest absolute Gasteiger partial charge is 0.163 e. The molecule has 0 aliphatic rings. The van der Waals surface area contributed by atoms with Gasteiger partial charge in [-0.05, 0) is 19.1 Å². The van der Waals surface area contributed by atoms with Crippen LogP contribution < -0.4 is 9.47 Å². The molecule has 0 amide bonds. The van der Waals surface area contributed by atoms with Crippen LogP contribution in [0.3, 0.4) is 0 Å². The summed E-state index contributed by atoms with van der Waals surface area (Å²) in [7, 11) is 3.11. The van der Waals surface area contributed by atoms with Crippen LogP contribution in [0.15, 0.2) is 18.2 Å². The Bertz CT molecular complexity index is 446. The van der Waals surface area contributed by atoms with E-state index < -0.39 is 6.10 Å². The average molecular weight is 298 g/mol. The van der Waals surface area contributed by atoms with Crippen molar-refractivity contribution in [3.05, 3.63) is 23.8 Å². The summed E-state index contributed by atoms with van der Waals surface area (Å²) >= 11 is 0. The van der Waals surface area contributed by atoms with Gasteiger partial charge in [0.25, 0.3) is 0 Å². The molecule has 0 bridgehead atoms. The van der Waals surface area contributed by atoms with Crippen molar-refractivity contribution in [3.63, 3.8) is 0 Å². The number of Topliss-reactive ketones (excluding diaryl/α,β-unsaturated/α-hetero) is 1. The first-order chi connectivity index (χ1) is 10.1. The van der Waals surface area contributed by atoms with Crippen LogP contribution in [-0.4, -0.2) is 57.6 Å². The molecule has 0 aliphatic carbocycles. The van der Waals surface area contributed by atoms with E-state index in [2.05, 4.69) is 0 Å². The van der Waals surface area contributed by atoms with Gasteiger partial charge in [0.05, 0.1) is 32.5 Å². The number of aliphatic hydroxyl groups excluding tert-OH is 1. The molecule has 0 heterocycles. The number of ether oxygens (including phenoxy) is 4. The molecular weight excluding hydrogens is 276 g/mol. The fourth-order valence-corrected chi connectivity index (χ4v) is 1.64. The molecule has 0 aromatic heterocycles. The molecule has 118 valence electrons. The number of hydrogen-bond donors (Lipinski definition) is 1. The fraction of sp³-hybridized carbons (Fsp3) is 0.533. The second-order valence-corrected chi connectivity index (χ2v) is 4.45. The molecule has 1 aromatic carbocycles. The number of carbonyl (C=O) groups is 1. The molecule has 0 spiro atoms. The Morgan fingerprint density at radius 1 is 1.24 bits per heavy atom. The highest BCUT2D eigenvalue weighted by Crippen LogP contribution is 2.25. The molecule has 21 heavy (non-hydrogen) atoms. The van der Waals surface area contributed by atoms with Crippen molar-refractivity contribution < 1.29 is 28.8 Å². The van der Waals surface area contributed by atoms with Gasteiger partial charge in [0, 0.05) is 13.2 Å². The number of ketones is 1. The van der Waals surface area contributed by atoms with Crippen LogP contribution in [0.1, 0.15) is 17.3 Å². The van der Waals surface area contributed by atoms with Crippen LogP contribution in [0.25, 0.3) is 0 Å². The number of carbonyl (C=O) groups excluding carboxylic acids is 1. The maximum absolute atomic E-state index is 11.5. The number of methoxy groups -OCH3 is 2. The lowest BCUT2D eigenvalue weighted by atomic mass is 10.1. The molecule has 6 heteroatoms. The second kappa shape index (κ2) is 9.33. The Labute approximate surface area is 124 Å². The van der Waals surface area contributed by atoms with Gasteiger partial charge in [-0.1, -0.05) is 0 Å². The van der Waals surface area contributed by atoms with E-state index in [1.54, 1.807) is 25.3 Å². The molecule has 0 saturated heterocycles. The first kappa shape index (κ1) is 17.4. The van der Waals surface area contributed by atoms with E-state index in [4.69, 9.17) is 18.9 Å². The van der Waals surface area contributed by atoms with Crippen LogP contribution in [-0.2, 0) is 9.47 Å². The topological polar surface area (TPSA) is 74.2 Å². The maximum Gasteiger partial charge on any atom is 0.163 e. The summed E-state index contributed by atoms with van der Waals surface area (Å²) in [4.78, 5) is 11.5. The number of hydrogen-bond acceptors (Lipinski definition) is 6. The van der Waals surface area contributed by atoms with Crippen molar-refractivity contribution in [1.82, 2.24) is 0 Å². The summed E-state index contributed by atoms with van der Waals surface area (Å²) in [5.74, 6) is 0.858. The summed E-state index contributed by atoms with van der Waals surface area (Å²) in [6.45, 7) is 2.51. The Morgan fingerprint density at radius 3 is 2.62 bits per heavy atom. The Balaban J connectivity index is 2.54. The van der Waals surface area contributed by atoms with Gasteiger partial charge in [-0.15, -0.1) is 0 Å². The number of benzene rings is 1. The molecule has 1 unspecified atom stereocenters. The van der Waals surface area contributed by atoms with Crippen molar-refractivity contribution in [2.75, 3.05) is 40.6 Å². The zero-order valence-corrected chi connectivity index (χ0v) is 12.6. The first-order valence-corrected chi connectivity index (χ1v) is 6.65. The maximum atomic E-state index is 11.5. The minimum Gasteiger partial charge on any atom is -0.497 e. The van der Waals surface area contributed by atoms with Crippen LogP contribution in [0.2, 0.25) is 0 Å². The van der Waals surface area contributed by atoms with Gasteiger partial charge in [-0.3, -0.25) is 4.79 Å². The highest BCUT2D eigenvalue weighted by molar-refractivity contribution is 5.97. The normalized spacial score (nSPS) is 12.0. The average Bonchev–Trinajstić information content (AvgIpc) is 2.49. The monoisotopic (exact) mass is 298 g/mol. The summed E-state index contributed by atoms with van der Waals surface area (Å²) in [5, 5.41) is 9.76. The largest absolute Gasteiger partial charge is 0.497 e. The molecule has 1 N–H and O–H groups in total. The van der Waals surface area contributed by atoms with Crippen LogP contribution in [0.5, 0.6) is 11.5 Å². The van der Waals surface area contributed by atoms with Gasteiger partial charge in [0.15, 0.2) is 5.78 Å². The minimum absolute atomic E-state index is 0.0282. The van der Waals surface area contributed by atoms with E-state index in [9.17, 15) is 9.90 Å². The SMILES string of the molecule is COCCOCC(O)COc1cc(OC)ccc1C(C)=O. The minimum atomic E-state index is -0.784. The fourth-order valence-electron chi connectivity index (χ4n) is 1.64. The number of aliphatic hydroxyl groups is 1. The second-order valence-electron chi connectivity index (χ2n) is 4.45. The third-order valence-electron chi connectivity index (χ3n) is 2.74. The van der Waals surface area contributed by atoms with Crippen LogP contribution >= 0.6 is 0 Å². The van der Waals surface area contributed by atoms with E-state index in [1.807, 2.05) is 0 Å². The Morgan fingerprint density at radius 2 is 2.00 bits per heavy atom. The third-order valence-corrected chi connectivity index (χ3v) is 2.74. The van der Waals surface area contributed by atoms with Gasteiger partial charge >= 0.3 is 0 Å². The standard InChI is InChI=1S/C15H22O6/c1-11(16)14-5-4-13(19-3)8-15(14)21-10-12(17)9-20-7-6-18-2/h4-5,8,12,17H,6-7,9-10H2,1-3H3. The van der Waals surface area contributed by atoms with Gasteiger partial charge in [-0.2, -0.15) is 0 Å². The third kappa shape index (κ3) is 6.12. The summed E-state index contributed by atoms with van der Waals surface area (Å²) in [6, 6.07) is 4.95. The van der Waals surface area contributed by atoms with Gasteiger partial charge in [-0.25, -0.2) is 0 Å². The molecule has 1 aromatic rings. The lowest BCUT2D eigenvalue weighted by molar-refractivity contribution is -0.00431. The lowest BCUT2D eigenvalue weighted by Gasteiger charge is -2.15. The van der Waals surface area contributed by atoms with Gasteiger partial charge in [0.2, 0.25) is 0 Å². The van der Waals surface area contributed by atoms with E-state index >= 15 is 0 Å². The predicted octanol–water partition coefficient (Wildman–Crippen LogP) is 1.30. The zero-order chi connectivity index (χ0) is 15.7. The van der Waals surface area contributed by atoms with Crippen molar-refractivity contribution in [2.24, 2.45) is 0 Å². The van der Waals surface area contributed by atoms with E-state index in [1.165, 1.54) is 14.0 Å². The molecule has 0 saturated carbocycles. The Kier molecular flexibility index (Phi) is 7.74. The molecule has 0 fully saturated rings. The Hall–Kier alpha value is -1.63. The van der Waals surface area contributed by atoms with Crippen molar-refractivity contribution in [3.8, 4) is 11.5 Å². The quantitative estimate of drug-likeness (QED) is 0.518. The molecular formula is C15H22O6. The van der Waals surface area contributed by atoms with Crippen molar-refractivity contribution >= 4 is 5.78 Å². The summed E-state index contributed by atoms with van der Waals surface area (Å²) < 4.78 is 20.6. The molecule has 1 rings (SSSR count). The van der Waals surface area contributed by atoms with Crippen LogP contribution in [0.4, 0.5) is 0 Å². The zero-order valence-electron chi connectivity index (χ0n) is 12.6. The van der Waals surface area contributed by atoms with Gasteiger partial charge in [0.1, 0.15) is 24.2 Å². The van der Waals surface area contributed by atoms with Crippen molar-refractivity contribution in [2.45, 2.75) is 13.0 Å².